The van der Waals surface area contributed by atoms with Crippen LogP contribution < -0.4 is 19.3 Å². The highest BCUT2D eigenvalue weighted by Gasteiger charge is 2.31. The second-order valence-electron chi connectivity index (χ2n) is 9.97. The third-order valence-electron chi connectivity index (χ3n) is 7.53. The fraction of sp³-hybridized carbons (Fsp3) is 0.0857. The van der Waals surface area contributed by atoms with Gasteiger partial charge < -0.3 is 9.47 Å². The van der Waals surface area contributed by atoms with Gasteiger partial charge in [0.25, 0.3) is 23.6 Å². The zero-order valence-corrected chi connectivity index (χ0v) is 23.4. The topological polar surface area (TPSA) is 93.2 Å². The Morgan fingerprint density at radius 3 is 1.30 bits per heavy atom. The minimum Gasteiger partial charge on any atom is -0.495 e. The first-order valence-corrected chi connectivity index (χ1v) is 13.5. The van der Waals surface area contributed by atoms with Gasteiger partial charge in [0.05, 0.1) is 25.6 Å². The predicted octanol–water partition coefficient (Wildman–Crippen LogP) is 5.41. The standard InChI is InChI=1S/C35H26N2O6/c1-42-29-20-25(12-14-27(29)36-31(38)16-17-32(36)39)35(24-10-8-23(9-11-24)22-6-4-3-5-7-22)26-13-15-28(30(21-26)43-2)37-33(40)18-19-34(37)41/h3-21,35H,1-2H3. The number of rotatable bonds is 8. The summed E-state index contributed by atoms with van der Waals surface area (Å²) >= 11 is 0. The Hall–Kier alpha value is -5.76. The number of anilines is 2. The summed E-state index contributed by atoms with van der Waals surface area (Å²) in [6.45, 7) is 0. The predicted molar refractivity (Wildman–Crippen MR) is 162 cm³/mol. The van der Waals surface area contributed by atoms with Crippen molar-refractivity contribution in [3.8, 4) is 22.6 Å². The molecule has 0 N–H and O–H groups in total. The van der Waals surface area contributed by atoms with Crippen LogP contribution in [-0.2, 0) is 19.2 Å². The molecule has 0 unspecified atom stereocenters. The summed E-state index contributed by atoms with van der Waals surface area (Å²) in [5.41, 5.74) is 5.43. The number of methoxy groups -OCH3 is 2. The highest BCUT2D eigenvalue weighted by molar-refractivity contribution is 6.29. The lowest BCUT2D eigenvalue weighted by atomic mass is 9.84. The van der Waals surface area contributed by atoms with Crippen molar-refractivity contribution in [1.29, 1.82) is 0 Å². The van der Waals surface area contributed by atoms with Crippen molar-refractivity contribution in [1.82, 2.24) is 0 Å². The van der Waals surface area contributed by atoms with E-state index >= 15 is 0 Å². The molecule has 0 radical (unpaired) electrons. The third kappa shape index (κ3) is 4.99. The maximum absolute atomic E-state index is 12.4. The zero-order chi connectivity index (χ0) is 30.1. The van der Waals surface area contributed by atoms with Crippen molar-refractivity contribution in [2.45, 2.75) is 5.92 Å². The molecule has 2 aliphatic heterocycles. The SMILES string of the molecule is COc1cc(C(c2ccc(-c3ccccc3)cc2)c2ccc(N3C(=O)C=CC3=O)c(OC)c2)ccc1N1C(=O)C=CC1=O. The molecule has 4 aromatic carbocycles. The van der Waals surface area contributed by atoms with Gasteiger partial charge in [0.15, 0.2) is 0 Å². The summed E-state index contributed by atoms with van der Waals surface area (Å²) in [4.78, 5) is 51.8. The Bertz CT molecular complexity index is 1700. The third-order valence-corrected chi connectivity index (χ3v) is 7.53. The first-order chi connectivity index (χ1) is 20.9. The molecule has 4 aromatic rings. The Morgan fingerprint density at radius 2 is 0.884 bits per heavy atom. The van der Waals surface area contributed by atoms with Crippen molar-refractivity contribution in [3.05, 3.63) is 132 Å². The minimum atomic E-state index is -0.440. The average molecular weight is 571 g/mol. The number of nitrogens with zero attached hydrogens (tertiary/aromatic N) is 2. The van der Waals surface area contributed by atoms with E-state index in [0.29, 0.717) is 22.9 Å². The molecule has 0 aromatic heterocycles. The quantitative estimate of drug-likeness (QED) is 0.208. The maximum atomic E-state index is 12.4. The molecule has 0 fully saturated rings. The monoisotopic (exact) mass is 570 g/mol. The second-order valence-corrected chi connectivity index (χ2v) is 9.97. The van der Waals surface area contributed by atoms with Crippen molar-refractivity contribution in [3.63, 3.8) is 0 Å². The molecule has 0 spiro atoms. The number of hydrogen-bond donors (Lipinski definition) is 0. The van der Waals surface area contributed by atoms with Crippen molar-refractivity contribution in [2.75, 3.05) is 24.0 Å². The zero-order valence-electron chi connectivity index (χ0n) is 23.4. The largest absolute Gasteiger partial charge is 0.495 e. The maximum Gasteiger partial charge on any atom is 0.258 e. The van der Waals surface area contributed by atoms with Crippen LogP contribution in [0.1, 0.15) is 22.6 Å². The first kappa shape index (κ1) is 27.4. The molecule has 0 bridgehead atoms. The Kier molecular flexibility index (Phi) is 7.17. The molecule has 0 saturated heterocycles. The molecule has 8 nitrogen and oxygen atoms in total. The van der Waals surface area contributed by atoms with E-state index in [1.807, 2.05) is 66.7 Å². The summed E-state index contributed by atoms with van der Waals surface area (Å²) in [5.74, 6) is -1.39. The number of carbonyl (C=O) groups is 4. The van der Waals surface area contributed by atoms with E-state index in [-0.39, 0.29) is 5.92 Å². The number of amides is 4. The van der Waals surface area contributed by atoms with E-state index in [1.54, 1.807) is 12.1 Å². The van der Waals surface area contributed by atoms with Crippen LogP contribution in [-0.4, -0.2) is 37.8 Å². The highest BCUT2D eigenvalue weighted by atomic mass is 16.5. The van der Waals surface area contributed by atoms with Crippen LogP contribution in [0.4, 0.5) is 11.4 Å². The van der Waals surface area contributed by atoms with Crippen LogP contribution in [0.15, 0.2) is 115 Å². The van der Waals surface area contributed by atoms with Crippen LogP contribution in [0.25, 0.3) is 11.1 Å². The summed E-state index contributed by atoms with van der Waals surface area (Å²) in [5, 5.41) is 0. The van der Waals surface area contributed by atoms with E-state index < -0.39 is 23.6 Å². The van der Waals surface area contributed by atoms with E-state index in [1.165, 1.54) is 38.5 Å². The Balaban J connectivity index is 1.47. The molecule has 4 amide bonds. The van der Waals surface area contributed by atoms with Crippen LogP contribution in [0.2, 0.25) is 0 Å². The van der Waals surface area contributed by atoms with Gasteiger partial charge in [0, 0.05) is 30.2 Å². The number of ether oxygens (including phenoxy) is 2. The molecule has 43 heavy (non-hydrogen) atoms. The summed E-state index contributed by atoms with van der Waals surface area (Å²) < 4.78 is 11.3. The second kappa shape index (κ2) is 11.3. The van der Waals surface area contributed by atoms with E-state index in [4.69, 9.17) is 9.47 Å². The Labute approximate surface area is 248 Å². The molecule has 0 saturated carbocycles. The Morgan fingerprint density at radius 1 is 0.488 bits per heavy atom. The molecular formula is C35H26N2O6. The lowest BCUT2D eigenvalue weighted by Gasteiger charge is -2.24. The molecule has 212 valence electrons. The van der Waals surface area contributed by atoms with E-state index in [9.17, 15) is 19.2 Å². The molecule has 0 atom stereocenters. The van der Waals surface area contributed by atoms with Gasteiger partial charge in [-0.3, -0.25) is 19.2 Å². The van der Waals surface area contributed by atoms with Gasteiger partial charge in [-0.2, -0.15) is 0 Å². The summed E-state index contributed by atoms with van der Waals surface area (Å²) in [6, 6.07) is 28.9. The molecule has 2 heterocycles. The molecule has 2 aliphatic rings. The summed E-state index contributed by atoms with van der Waals surface area (Å²) in [6.07, 6.45) is 4.91. The van der Waals surface area contributed by atoms with Gasteiger partial charge in [-0.1, -0.05) is 66.7 Å². The number of imide groups is 2. The van der Waals surface area contributed by atoms with Gasteiger partial charge in [-0.05, 0) is 52.1 Å². The van der Waals surface area contributed by atoms with E-state index in [2.05, 4.69) is 12.1 Å². The molecule has 6 rings (SSSR count). The van der Waals surface area contributed by atoms with Gasteiger partial charge in [0.2, 0.25) is 0 Å². The number of hydrogen-bond acceptors (Lipinski definition) is 6. The smallest absolute Gasteiger partial charge is 0.258 e. The normalized spacial score (nSPS) is 14.4. The number of benzene rings is 4. The number of carbonyl (C=O) groups excluding carboxylic acids is 4. The van der Waals surface area contributed by atoms with E-state index in [0.717, 1.165) is 37.6 Å². The minimum absolute atomic E-state index is 0.343. The van der Waals surface area contributed by atoms with Crippen molar-refractivity contribution < 1.29 is 28.7 Å². The lowest BCUT2D eigenvalue weighted by molar-refractivity contribution is -0.121. The fourth-order valence-electron chi connectivity index (χ4n) is 5.47. The molecular weight excluding hydrogens is 544 g/mol. The lowest BCUT2D eigenvalue weighted by Crippen LogP contribution is -2.30. The van der Waals surface area contributed by atoms with Crippen molar-refractivity contribution in [2.24, 2.45) is 0 Å². The molecule has 8 heteroatoms. The van der Waals surface area contributed by atoms with Gasteiger partial charge >= 0.3 is 0 Å². The summed E-state index contributed by atoms with van der Waals surface area (Å²) in [7, 11) is 2.97. The average Bonchev–Trinajstić information content (AvgIpc) is 3.56. The van der Waals surface area contributed by atoms with Crippen molar-refractivity contribution >= 4 is 35.0 Å². The van der Waals surface area contributed by atoms with Gasteiger partial charge in [0.1, 0.15) is 11.5 Å². The van der Waals surface area contributed by atoms with Crippen LogP contribution in [0, 0.1) is 0 Å². The van der Waals surface area contributed by atoms with Gasteiger partial charge in [-0.25, -0.2) is 9.80 Å². The first-order valence-electron chi connectivity index (χ1n) is 13.5. The van der Waals surface area contributed by atoms with Crippen LogP contribution in [0.5, 0.6) is 11.5 Å². The fourth-order valence-corrected chi connectivity index (χ4v) is 5.47. The molecule has 0 aliphatic carbocycles. The van der Waals surface area contributed by atoms with Crippen LogP contribution in [0.3, 0.4) is 0 Å². The van der Waals surface area contributed by atoms with Crippen LogP contribution >= 0.6 is 0 Å². The van der Waals surface area contributed by atoms with Gasteiger partial charge in [-0.15, -0.1) is 0 Å². The highest BCUT2D eigenvalue weighted by Crippen LogP contribution is 2.41.